The second kappa shape index (κ2) is 10.3. The van der Waals surface area contributed by atoms with Gasteiger partial charge in [0.25, 0.3) is 0 Å². The van der Waals surface area contributed by atoms with Crippen LogP contribution < -0.4 is 10.6 Å². The monoisotopic (exact) mass is 476 g/mol. The van der Waals surface area contributed by atoms with Gasteiger partial charge in [-0.15, -0.1) is 0 Å². The molecule has 1 aromatic rings. The smallest absolute Gasteiger partial charge is 0.410 e. The van der Waals surface area contributed by atoms with Gasteiger partial charge in [-0.25, -0.2) is 13.2 Å². The topological polar surface area (TPSA) is 115 Å². The number of aliphatic imine (C=N–C) groups is 1. The summed E-state index contributed by atoms with van der Waals surface area (Å²) in [4.78, 5) is 20.5. The molecular weight excluding hydrogens is 444 g/mol. The molecule has 1 aromatic carbocycles. The Morgan fingerprint density at radius 3 is 2.58 bits per heavy atom. The summed E-state index contributed by atoms with van der Waals surface area (Å²) in [5.41, 5.74) is 7.41. The predicted molar refractivity (Wildman–Crippen MR) is 128 cm³/mol. The van der Waals surface area contributed by atoms with Crippen LogP contribution >= 0.6 is 0 Å². The Balaban J connectivity index is 1.65. The Kier molecular flexibility index (Phi) is 7.68. The van der Waals surface area contributed by atoms with Crippen molar-refractivity contribution in [1.82, 2.24) is 4.90 Å². The fourth-order valence-electron chi connectivity index (χ4n) is 3.85. The number of piperidine rings is 1. The summed E-state index contributed by atoms with van der Waals surface area (Å²) in [5.74, 6) is 0.818. The maximum Gasteiger partial charge on any atom is 0.410 e. The minimum Gasteiger partial charge on any atom is -0.474 e. The second-order valence-corrected chi connectivity index (χ2v) is 10.4. The Hall–Kier alpha value is -3.01. The number of hydrogen-bond donors (Lipinski definition) is 1. The molecule has 0 spiro atoms. The standard InChI is InChI=1S/C23H32N4O5S/c1-16(2)31-23(28)26-12-9-19(10-13-26)32-22(7-11-24)25-17(3)27-14-8-18-15-20(33(4,29)30)5-6-21(18)27/h5-7,11,15-16,19H,3,8-10,12-14,24H2,1-2,4H3/b11-7-,25-22?. The van der Waals surface area contributed by atoms with Crippen LogP contribution in [0.1, 0.15) is 32.3 Å². The number of carbonyl (C=O) groups excluding carboxylic acids is 1. The Labute approximate surface area is 195 Å². The summed E-state index contributed by atoms with van der Waals surface area (Å²) in [7, 11) is -3.26. The molecule has 180 valence electrons. The van der Waals surface area contributed by atoms with Gasteiger partial charge >= 0.3 is 6.09 Å². The van der Waals surface area contributed by atoms with E-state index in [4.69, 9.17) is 15.2 Å². The van der Waals surface area contributed by atoms with Gasteiger partial charge in [0, 0.05) is 50.5 Å². The van der Waals surface area contributed by atoms with Crippen molar-refractivity contribution in [2.75, 3.05) is 30.8 Å². The van der Waals surface area contributed by atoms with E-state index in [1.165, 1.54) is 12.5 Å². The van der Waals surface area contributed by atoms with Gasteiger partial charge in [-0.05, 0) is 50.2 Å². The van der Waals surface area contributed by atoms with Crippen LogP contribution in [0.2, 0.25) is 0 Å². The first-order valence-corrected chi connectivity index (χ1v) is 12.9. The van der Waals surface area contributed by atoms with E-state index in [0.29, 0.717) is 55.5 Å². The summed E-state index contributed by atoms with van der Waals surface area (Å²) in [6.07, 6.45) is 5.56. The SMILES string of the molecule is C=C(N=C(/C=C\N)OC1CCN(C(=O)OC(C)C)CC1)N1CCc2cc(S(C)(=O)=O)ccc21. The van der Waals surface area contributed by atoms with Gasteiger partial charge in [0.2, 0.25) is 5.90 Å². The number of carbonyl (C=O) groups is 1. The van der Waals surface area contributed by atoms with Crippen LogP contribution in [0, 0.1) is 0 Å². The first-order chi connectivity index (χ1) is 15.6. The third kappa shape index (κ3) is 6.28. The van der Waals surface area contributed by atoms with Crippen molar-refractivity contribution in [2.24, 2.45) is 10.7 Å². The molecule has 3 rings (SSSR count). The second-order valence-electron chi connectivity index (χ2n) is 8.43. The molecule has 1 amide bonds. The molecule has 0 radical (unpaired) electrons. The number of rotatable bonds is 6. The molecule has 2 aliphatic heterocycles. The third-order valence-corrected chi connectivity index (χ3v) is 6.60. The van der Waals surface area contributed by atoms with E-state index in [-0.39, 0.29) is 18.3 Å². The lowest BCUT2D eigenvalue weighted by atomic mass is 10.1. The molecule has 10 heteroatoms. The van der Waals surface area contributed by atoms with Gasteiger partial charge in [0.15, 0.2) is 9.84 Å². The zero-order valence-electron chi connectivity index (χ0n) is 19.4. The van der Waals surface area contributed by atoms with E-state index < -0.39 is 9.84 Å². The minimum atomic E-state index is -3.26. The zero-order valence-corrected chi connectivity index (χ0v) is 20.2. The van der Waals surface area contributed by atoms with Crippen molar-refractivity contribution in [2.45, 2.75) is 50.2 Å². The number of nitrogens with two attached hydrogens (primary N) is 1. The highest BCUT2D eigenvalue weighted by molar-refractivity contribution is 7.90. The normalized spacial score (nSPS) is 17.5. The quantitative estimate of drug-likeness (QED) is 0.496. The van der Waals surface area contributed by atoms with E-state index in [2.05, 4.69) is 11.6 Å². The highest BCUT2D eigenvalue weighted by atomic mass is 32.2. The summed E-state index contributed by atoms with van der Waals surface area (Å²) >= 11 is 0. The maximum atomic E-state index is 12.1. The minimum absolute atomic E-state index is 0.112. The number of fused-ring (bicyclic) bond motifs is 1. The number of amides is 1. The van der Waals surface area contributed by atoms with Gasteiger partial charge in [0.1, 0.15) is 11.9 Å². The van der Waals surface area contributed by atoms with E-state index >= 15 is 0 Å². The molecule has 2 heterocycles. The Morgan fingerprint density at radius 1 is 1.27 bits per heavy atom. The van der Waals surface area contributed by atoms with Crippen LogP contribution in [0.15, 0.2) is 52.8 Å². The number of ether oxygens (including phenoxy) is 2. The highest BCUT2D eigenvalue weighted by Crippen LogP contribution is 2.33. The molecule has 0 atom stereocenters. The van der Waals surface area contributed by atoms with Crippen molar-refractivity contribution in [1.29, 1.82) is 0 Å². The Bertz CT molecular complexity index is 1060. The van der Waals surface area contributed by atoms with E-state index in [1.807, 2.05) is 18.7 Å². The number of likely N-dealkylation sites (tertiary alicyclic amines) is 1. The fraction of sp³-hybridized carbons (Fsp3) is 0.478. The van der Waals surface area contributed by atoms with E-state index in [0.717, 1.165) is 11.3 Å². The number of nitrogens with zero attached hydrogens (tertiary/aromatic N) is 3. The van der Waals surface area contributed by atoms with Gasteiger partial charge in [-0.1, -0.05) is 6.58 Å². The van der Waals surface area contributed by atoms with Crippen molar-refractivity contribution >= 4 is 27.5 Å². The van der Waals surface area contributed by atoms with Crippen LogP contribution in [0.5, 0.6) is 0 Å². The lowest BCUT2D eigenvalue weighted by Gasteiger charge is -2.32. The molecule has 2 N–H and O–H groups in total. The van der Waals surface area contributed by atoms with Crippen molar-refractivity contribution in [3.8, 4) is 0 Å². The fourth-order valence-corrected chi connectivity index (χ4v) is 4.52. The van der Waals surface area contributed by atoms with Crippen molar-refractivity contribution in [3.05, 3.63) is 48.4 Å². The predicted octanol–water partition coefficient (Wildman–Crippen LogP) is 2.82. The molecule has 1 saturated heterocycles. The molecule has 1 fully saturated rings. The summed E-state index contributed by atoms with van der Waals surface area (Å²) in [5, 5.41) is 0. The van der Waals surface area contributed by atoms with Crippen LogP contribution in [0.25, 0.3) is 0 Å². The average molecular weight is 477 g/mol. The average Bonchev–Trinajstić information content (AvgIpc) is 3.17. The molecular formula is C23H32N4O5S. The van der Waals surface area contributed by atoms with Crippen LogP contribution in [-0.4, -0.2) is 63.4 Å². The van der Waals surface area contributed by atoms with E-state index in [1.54, 1.807) is 29.2 Å². The molecule has 0 saturated carbocycles. The maximum absolute atomic E-state index is 12.1. The summed E-state index contributed by atoms with van der Waals surface area (Å²) < 4.78 is 35.0. The molecule has 0 aliphatic carbocycles. The molecule has 0 unspecified atom stereocenters. The molecule has 33 heavy (non-hydrogen) atoms. The molecule has 9 nitrogen and oxygen atoms in total. The highest BCUT2D eigenvalue weighted by Gasteiger charge is 2.27. The Morgan fingerprint density at radius 2 is 1.97 bits per heavy atom. The van der Waals surface area contributed by atoms with Crippen LogP contribution in [-0.2, 0) is 25.7 Å². The van der Waals surface area contributed by atoms with Gasteiger partial charge < -0.3 is 25.0 Å². The van der Waals surface area contributed by atoms with Crippen molar-refractivity contribution < 1.29 is 22.7 Å². The number of hydrogen-bond acceptors (Lipinski definition) is 8. The number of anilines is 1. The molecule has 0 bridgehead atoms. The van der Waals surface area contributed by atoms with Crippen molar-refractivity contribution in [3.63, 3.8) is 0 Å². The van der Waals surface area contributed by atoms with Crippen LogP contribution in [0.4, 0.5) is 10.5 Å². The van der Waals surface area contributed by atoms with Gasteiger partial charge in [-0.2, -0.15) is 4.99 Å². The molecule has 0 aromatic heterocycles. The summed E-state index contributed by atoms with van der Waals surface area (Å²) in [6.45, 7) is 9.45. The lowest BCUT2D eigenvalue weighted by Crippen LogP contribution is -2.42. The van der Waals surface area contributed by atoms with Crippen LogP contribution in [0.3, 0.4) is 0 Å². The number of sulfone groups is 1. The summed E-state index contributed by atoms with van der Waals surface area (Å²) in [6, 6.07) is 5.08. The van der Waals surface area contributed by atoms with Gasteiger partial charge in [0.05, 0.1) is 11.0 Å². The first kappa shape index (κ1) is 24.6. The first-order valence-electron chi connectivity index (χ1n) is 11.0. The largest absolute Gasteiger partial charge is 0.474 e. The van der Waals surface area contributed by atoms with E-state index in [9.17, 15) is 13.2 Å². The lowest BCUT2D eigenvalue weighted by molar-refractivity contribution is 0.0494. The number of benzene rings is 1. The molecule has 2 aliphatic rings. The zero-order chi connectivity index (χ0) is 24.2. The van der Waals surface area contributed by atoms with Gasteiger partial charge in [-0.3, -0.25) is 0 Å². The third-order valence-electron chi connectivity index (χ3n) is 5.49.